The third kappa shape index (κ3) is 3.37. The molecule has 0 saturated heterocycles. The Bertz CT molecular complexity index is 565. The molecule has 0 spiro atoms. The van der Waals surface area contributed by atoms with Crippen molar-refractivity contribution in [2.24, 2.45) is 0 Å². The molecule has 1 aromatic heterocycles. The molecule has 1 atom stereocenters. The average molecular weight is 340 g/mol. The highest BCUT2D eigenvalue weighted by molar-refractivity contribution is 9.10. The second-order valence-corrected chi connectivity index (χ2v) is 5.28. The number of rotatable bonds is 6. The number of anilines is 1. The number of hydrogen-bond acceptors (Lipinski definition) is 5. The van der Waals surface area contributed by atoms with Gasteiger partial charge in [0.25, 0.3) is 5.89 Å². The van der Waals surface area contributed by atoms with E-state index in [9.17, 15) is 0 Å². The van der Waals surface area contributed by atoms with E-state index in [-0.39, 0.29) is 6.10 Å². The Morgan fingerprint density at radius 1 is 1.40 bits per heavy atom. The lowest BCUT2D eigenvalue weighted by molar-refractivity contribution is 0.0478. The molecular weight excluding hydrogens is 322 g/mol. The molecule has 0 fully saturated rings. The van der Waals surface area contributed by atoms with Crippen LogP contribution in [0.15, 0.2) is 27.2 Å². The molecule has 5 nitrogen and oxygen atoms in total. The first-order chi connectivity index (χ1) is 9.65. The number of nitrogens with zero attached hydrogens (tertiary/aromatic N) is 2. The van der Waals surface area contributed by atoms with Crippen LogP contribution in [-0.4, -0.2) is 16.7 Å². The van der Waals surface area contributed by atoms with Crippen molar-refractivity contribution in [3.63, 3.8) is 0 Å². The smallest absolute Gasteiger partial charge is 0.259 e. The van der Waals surface area contributed by atoms with Crippen molar-refractivity contribution in [1.82, 2.24) is 10.1 Å². The first-order valence-corrected chi connectivity index (χ1v) is 7.45. The van der Waals surface area contributed by atoms with Crippen LogP contribution in [0.3, 0.4) is 0 Å². The monoisotopic (exact) mass is 339 g/mol. The highest BCUT2D eigenvalue weighted by atomic mass is 79.9. The van der Waals surface area contributed by atoms with Crippen LogP contribution in [0.5, 0.6) is 0 Å². The highest BCUT2D eigenvalue weighted by Crippen LogP contribution is 2.30. The molecule has 1 unspecified atom stereocenters. The van der Waals surface area contributed by atoms with Crippen LogP contribution in [0.2, 0.25) is 0 Å². The van der Waals surface area contributed by atoms with E-state index in [1.54, 1.807) is 6.07 Å². The van der Waals surface area contributed by atoms with E-state index in [0.717, 1.165) is 22.9 Å². The Hall–Kier alpha value is -1.40. The second kappa shape index (κ2) is 6.85. The van der Waals surface area contributed by atoms with Gasteiger partial charge in [0.1, 0.15) is 6.10 Å². The Morgan fingerprint density at radius 3 is 2.90 bits per heavy atom. The van der Waals surface area contributed by atoms with Crippen LogP contribution in [0.1, 0.15) is 38.6 Å². The summed E-state index contributed by atoms with van der Waals surface area (Å²) in [6.45, 7) is 4.68. The lowest BCUT2D eigenvalue weighted by Crippen LogP contribution is -2.05. The van der Waals surface area contributed by atoms with Gasteiger partial charge in [0.2, 0.25) is 5.82 Å². The molecule has 108 valence electrons. The summed E-state index contributed by atoms with van der Waals surface area (Å²) < 4.78 is 11.8. The first kappa shape index (κ1) is 15.0. The van der Waals surface area contributed by atoms with E-state index in [1.807, 2.05) is 19.1 Å². The Morgan fingerprint density at radius 2 is 2.20 bits per heavy atom. The predicted molar refractivity (Wildman–Crippen MR) is 81.1 cm³/mol. The van der Waals surface area contributed by atoms with Crippen LogP contribution in [0.25, 0.3) is 11.5 Å². The standard InChI is InChI=1S/C14H18BrN3O2/c1-3-5-12(19-4-2)13-17-14(20-18-13)10-8-9(16)6-7-11(10)15/h6-8,12H,3-5,16H2,1-2H3. The molecule has 2 aromatic rings. The number of halogens is 1. The lowest BCUT2D eigenvalue weighted by atomic mass is 10.2. The zero-order chi connectivity index (χ0) is 14.5. The van der Waals surface area contributed by atoms with Gasteiger partial charge >= 0.3 is 0 Å². The number of hydrogen-bond donors (Lipinski definition) is 1. The molecule has 0 aliphatic carbocycles. The van der Waals surface area contributed by atoms with Crippen molar-refractivity contribution in [3.8, 4) is 11.5 Å². The predicted octanol–water partition coefficient (Wildman–Crippen LogP) is 3.96. The van der Waals surface area contributed by atoms with Crippen molar-refractivity contribution in [2.45, 2.75) is 32.8 Å². The first-order valence-electron chi connectivity index (χ1n) is 6.66. The topological polar surface area (TPSA) is 74.2 Å². The fraction of sp³-hybridized carbons (Fsp3) is 0.429. The lowest BCUT2D eigenvalue weighted by Gasteiger charge is -2.11. The number of aromatic nitrogens is 2. The summed E-state index contributed by atoms with van der Waals surface area (Å²) in [7, 11) is 0. The van der Waals surface area contributed by atoms with Gasteiger partial charge in [0.15, 0.2) is 0 Å². The summed E-state index contributed by atoms with van der Waals surface area (Å²) in [5.41, 5.74) is 7.23. The van der Waals surface area contributed by atoms with E-state index in [4.69, 9.17) is 15.0 Å². The summed E-state index contributed by atoms with van der Waals surface area (Å²) in [4.78, 5) is 4.43. The van der Waals surface area contributed by atoms with Gasteiger partial charge in [-0.1, -0.05) is 18.5 Å². The van der Waals surface area contributed by atoms with Crippen molar-refractivity contribution in [3.05, 3.63) is 28.5 Å². The Kier molecular flexibility index (Phi) is 5.14. The highest BCUT2D eigenvalue weighted by Gasteiger charge is 2.19. The Labute approximate surface area is 126 Å². The molecule has 0 bridgehead atoms. The number of nitrogen functional groups attached to an aromatic ring is 1. The van der Waals surface area contributed by atoms with Crippen LogP contribution in [0.4, 0.5) is 5.69 Å². The quantitative estimate of drug-likeness (QED) is 0.806. The van der Waals surface area contributed by atoms with E-state index in [1.165, 1.54) is 0 Å². The van der Waals surface area contributed by atoms with E-state index in [0.29, 0.717) is 24.0 Å². The zero-order valence-electron chi connectivity index (χ0n) is 11.6. The molecule has 1 heterocycles. The van der Waals surface area contributed by atoms with E-state index < -0.39 is 0 Å². The van der Waals surface area contributed by atoms with E-state index >= 15 is 0 Å². The maximum Gasteiger partial charge on any atom is 0.259 e. The number of benzene rings is 1. The number of nitrogens with two attached hydrogens (primary N) is 1. The molecule has 20 heavy (non-hydrogen) atoms. The molecule has 6 heteroatoms. The van der Waals surface area contributed by atoms with Crippen molar-refractivity contribution in [2.75, 3.05) is 12.3 Å². The molecule has 2 N–H and O–H groups in total. The molecule has 2 rings (SSSR count). The fourth-order valence-corrected chi connectivity index (χ4v) is 2.35. The minimum Gasteiger partial charge on any atom is -0.399 e. The Balaban J connectivity index is 2.29. The molecule has 0 saturated carbocycles. The van der Waals surface area contributed by atoms with Gasteiger partial charge in [-0.3, -0.25) is 0 Å². The molecular formula is C14H18BrN3O2. The summed E-state index contributed by atoms with van der Waals surface area (Å²) >= 11 is 3.46. The van der Waals surface area contributed by atoms with Gasteiger partial charge in [0.05, 0.1) is 5.56 Å². The molecule has 0 radical (unpaired) electrons. The zero-order valence-corrected chi connectivity index (χ0v) is 13.2. The summed E-state index contributed by atoms with van der Waals surface area (Å²) in [5, 5.41) is 4.03. The molecule has 0 aliphatic heterocycles. The van der Waals surface area contributed by atoms with Gasteiger partial charge in [-0.2, -0.15) is 4.98 Å². The van der Waals surface area contributed by atoms with Gasteiger partial charge in [0, 0.05) is 16.8 Å². The molecule has 0 amide bonds. The third-order valence-corrected chi connectivity index (χ3v) is 3.56. The molecule has 0 aliphatic rings. The number of ether oxygens (including phenoxy) is 1. The molecule has 1 aromatic carbocycles. The second-order valence-electron chi connectivity index (χ2n) is 4.43. The largest absolute Gasteiger partial charge is 0.399 e. The summed E-state index contributed by atoms with van der Waals surface area (Å²) in [6.07, 6.45) is 1.74. The van der Waals surface area contributed by atoms with Crippen molar-refractivity contribution in [1.29, 1.82) is 0 Å². The van der Waals surface area contributed by atoms with Crippen LogP contribution < -0.4 is 5.73 Å². The minimum atomic E-state index is -0.123. The third-order valence-electron chi connectivity index (χ3n) is 2.87. The normalized spacial score (nSPS) is 12.6. The summed E-state index contributed by atoms with van der Waals surface area (Å²) in [5.74, 6) is 1.03. The van der Waals surface area contributed by atoms with Gasteiger partial charge < -0.3 is 15.0 Å². The summed E-state index contributed by atoms with van der Waals surface area (Å²) in [6, 6.07) is 5.47. The van der Waals surface area contributed by atoms with Crippen LogP contribution >= 0.6 is 15.9 Å². The van der Waals surface area contributed by atoms with Gasteiger partial charge in [-0.05, 0) is 47.5 Å². The van der Waals surface area contributed by atoms with Gasteiger partial charge in [-0.25, -0.2) is 0 Å². The van der Waals surface area contributed by atoms with Crippen LogP contribution in [-0.2, 0) is 4.74 Å². The SMILES string of the molecule is CCCC(OCC)c1noc(-c2cc(N)ccc2Br)n1. The minimum absolute atomic E-state index is 0.123. The maximum absolute atomic E-state index is 5.79. The van der Waals surface area contributed by atoms with Crippen molar-refractivity contribution >= 4 is 21.6 Å². The average Bonchev–Trinajstić information content (AvgIpc) is 2.91. The van der Waals surface area contributed by atoms with Gasteiger partial charge in [-0.15, -0.1) is 0 Å². The van der Waals surface area contributed by atoms with Crippen LogP contribution in [0, 0.1) is 0 Å². The van der Waals surface area contributed by atoms with Crippen molar-refractivity contribution < 1.29 is 9.26 Å². The van der Waals surface area contributed by atoms with E-state index in [2.05, 4.69) is 33.0 Å². The maximum atomic E-state index is 5.79. The fourth-order valence-electron chi connectivity index (χ4n) is 1.93.